The van der Waals surface area contributed by atoms with Crippen molar-refractivity contribution in [1.82, 2.24) is 0 Å². The molecule has 1 saturated heterocycles. The van der Waals surface area contributed by atoms with Gasteiger partial charge >= 0.3 is 0 Å². The normalized spacial score (nSPS) is 35.2. The van der Waals surface area contributed by atoms with Gasteiger partial charge in [0.05, 0.1) is 27.3 Å². The third kappa shape index (κ3) is 4.01. The molecule has 0 radical (unpaired) electrons. The predicted octanol–water partition coefficient (Wildman–Crippen LogP) is 0.186. The molecule has 0 aromatic carbocycles. The fourth-order valence-corrected chi connectivity index (χ4v) is 2.26. The van der Waals surface area contributed by atoms with Crippen LogP contribution in [0.1, 0.15) is 0 Å². The van der Waals surface area contributed by atoms with Gasteiger partial charge in [-0.25, -0.2) is 0 Å². The smallest absolute Gasteiger partial charge is 0.129 e. The summed E-state index contributed by atoms with van der Waals surface area (Å²) in [5, 5.41) is 0. The predicted molar refractivity (Wildman–Crippen MR) is 65.3 cm³/mol. The number of hydrogen-bond acceptors (Lipinski definition) is 2. The summed E-state index contributed by atoms with van der Waals surface area (Å²) in [5.74, 6) is 0. The zero-order chi connectivity index (χ0) is 12.1. The van der Waals surface area contributed by atoms with Crippen LogP contribution in [0.15, 0.2) is 0 Å². The van der Waals surface area contributed by atoms with E-state index in [9.17, 15) is 0 Å². The molecule has 1 fully saturated rings. The maximum Gasteiger partial charge on any atom is 0.129 e. The van der Waals surface area contributed by atoms with E-state index in [0.29, 0.717) is 0 Å². The molecule has 0 unspecified atom stereocenters. The van der Waals surface area contributed by atoms with Crippen LogP contribution in [0.3, 0.4) is 0 Å². The van der Waals surface area contributed by atoms with Crippen molar-refractivity contribution < 1.29 is 18.4 Å². The molecule has 0 atom stereocenters. The number of hydrogen-bond donors (Lipinski definition) is 0. The van der Waals surface area contributed by atoms with Gasteiger partial charge in [0.25, 0.3) is 0 Å². The van der Waals surface area contributed by atoms with Crippen molar-refractivity contribution in [3.05, 3.63) is 0 Å². The van der Waals surface area contributed by atoms with Gasteiger partial charge < -0.3 is 18.4 Å². The first-order chi connectivity index (χ1) is 7.54. The Balaban J connectivity index is 2.36. The van der Waals surface area contributed by atoms with Crippen LogP contribution < -0.4 is 0 Å². The second-order valence-electron chi connectivity index (χ2n) is 5.57. The van der Waals surface area contributed by atoms with E-state index in [1.165, 1.54) is 26.2 Å². The van der Waals surface area contributed by atoms with Gasteiger partial charge in [-0.2, -0.15) is 0 Å². The molecule has 0 spiro atoms. The molecule has 0 saturated carbocycles. The summed E-state index contributed by atoms with van der Waals surface area (Å²) in [6.45, 7) is 9.04. The van der Waals surface area contributed by atoms with Gasteiger partial charge in [-0.1, -0.05) is 0 Å². The van der Waals surface area contributed by atoms with Gasteiger partial charge in [0.2, 0.25) is 0 Å². The van der Waals surface area contributed by atoms with Crippen LogP contribution in [0.2, 0.25) is 0 Å². The summed E-state index contributed by atoms with van der Waals surface area (Å²) in [7, 11) is 8.27. The minimum atomic E-state index is 0.873. The summed E-state index contributed by atoms with van der Waals surface area (Å²) < 4.78 is 12.7. The van der Waals surface area contributed by atoms with Crippen molar-refractivity contribution >= 4 is 0 Å². The maximum atomic E-state index is 5.19. The van der Waals surface area contributed by atoms with E-state index < -0.39 is 0 Å². The van der Waals surface area contributed by atoms with Crippen LogP contribution in [0.25, 0.3) is 0 Å². The van der Waals surface area contributed by atoms with Crippen LogP contribution in [-0.4, -0.2) is 89.8 Å². The van der Waals surface area contributed by atoms with Crippen molar-refractivity contribution in [2.75, 3.05) is 80.8 Å². The molecule has 96 valence electrons. The topological polar surface area (TPSA) is 18.5 Å². The molecule has 1 rings (SSSR count). The summed E-state index contributed by atoms with van der Waals surface area (Å²) in [6, 6.07) is 0. The highest BCUT2D eigenvalue weighted by Gasteiger charge is 2.36. The SMILES string of the molecule is COCC[N+]1(C)CC[N+](C)(CCOC)CC1. The van der Waals surface area contributed by atoms with Gasteiger partial charge in [0, 0.05) is 14.2 Å². The molecular formula is C12H28N2O2+2. The molecule has 0 aromatic rings. The zero-order valence-electron chi connectivity index (χ0n) is 11.4. The Morgan fingerprint density at radius 1 is 0.750 bits per heavy atom. The van der Waals surface area contributed by atoms with Gasteiger partial charge in [0.1, 0.15) is 39.3 Å². The van der Waals surface area contributed by atoms with Crippen LogP contribution >= 0.6 is 0 Å². The first-order valence-electron chi connectivity index (χ1n) is 6.19. The molecule has 1 aliphatic rings. The molecule has 4 nitrogen and oxygen atoms in total. The zero-order valence-corrected chi connectivity index (χ0v) is 11.4. The van der Waals surface area contributed by atoms with Crippen molar-refractivity contribution in [2.24, 2.45) is 0 Å². The molecule has 1 aliphatic heterocycles. The molecule has 0 aromatic heterocycles. The number of quaternary nitrogens is 2. The molecule has 1 heterocycles. The fourth-order valence-electron chi connectivity index (χ4n) is 2.26. The van der Waals surface area contributed by atoms with E-state index in [2.05, 4.69) is 14.1 Å². The number of ether oxygens (including phenoxy) is 2. The number of likely N-dealkylation sites (N-methyl/N-ethyl adjacent to an activating group) is 2. The average Bonchev–Trinajstić information content (AvgIpc) is 2.29. The average molecular weight is 232 g/mol. The fraction of sp³-hybridized carbons (Fsp3) is 1.00. The van der Waals surface area contributed by atoms with Crippen LogP contribution in [0.5, 0.6) is 0 Å². The summed E-state index contributed by atoms with van der Waals surface area (Å²) >= 11 is 0. The number of nitrogens with zero attached hydrogens (tertiary/aromatic N) is 2. The van der Waals surface area contributed by atoms with Gasteiger partial charge in [-0.05, 0) is 0 Å². The van der Waals surface area contributed by atoms with E-state index in [-0.39, 0.29) is 0 Å². The first kappa shape index (κ1) is 13.9. The molecular weight excluding hydrogens is 204 g/mol. The van der Waals surface area contributed by atoms with Gasteiger partial charge in [-0.15, -0.1) is 0 Å². The van der Waals surface area contributed by atoms with Crippen molar-refractivity contribution in [2.45, 2.75) is 0 Å². The van der Waals surface area contributed by atoms with Crippen molar-refractivity contribution in [1.29, 1.82) is 0 Å². The Labute approximate surface area is 99.9 Å². The second kappa shape index (κ2) is 5.96. The number of piperazine rings is 1. The number of rotatable bonds is 6. The Kier molecular flexibility index (Phi) is 5.18. The third-order valence-electron chi connectivity index (χ3n) is 4.03. The summed E-state index contributed by atoms with van der Waals surface area (Å²) in [4.78, 5) is 0. The van der Waals surface area contributed by atoms with E-state index >= 15 is 0 Å². The summed E-state index contributed by atoms with van der Waals surface area (Å²) in [6.07, 6.45) is 0. The largest absolute Gasteiger partial charge is 0.379 e. The summed E-state index contributed by atoms with van der Waals surface area (Å²) in [5.41, 5.74) is 0. The molecule has 16 heavy (non-hydrogen) atoms. The monoisotopic (exact) mass is 232 g/mol. The maximum absolute atomic E-state index is 5.19. The van der Waals surface area contributed by atoms with Crippen molar-refractivity contribution in [3.63, 3.8) is 0 Å². The van der Waals surface area contributed by atoms with E-state index in [1.807, 2.05) is 0 Å². The Bertz CT molecular complexity index is 179. The quantitative estimate of drug-likeness (QED) is 0.609. The molecule has 4 heteroatoms. The van der Waals surface area contributed by atoms with Gasteiger partial charge in [0.15, 0.2) is 0 Å². The van der Waals surface area contributed by atoms with Crippen LogP contribution in [0.4, 0.5) is 0 Å². The molecule has 0 bridgehead atoms. The van der Waals surface area contributed by atoms with Crippen molar-refractivity contribution in [3.8, 4) is 0 Å². The lowest BCUT2D eigenvalue weighted by molar-refractivity contribution is -1.02. The lowest BCUT2D eigenvalue weighted by Crippen LogP contribution is -2.65. The molecule has 0 amide bonds. The lowest BCUT2D eigenvalue weighted by atomic mass is 10.2. The highest BCUT2D eigenvalue weighted by Crippen LogP contribution is 2.15. The Morgan fingerprint density at radius 2 is 1.06 bits per heavy atom. The number of methoxy groups -OCH3 is 2. The highest BCUT2D eigenvalue weighted by atomic mass is 16.5. The van der Waals surface area contributed by atoms with Crippen LogP contribution in [-0.2, 0) is 9.47 Å². The van der Waals surface area contributed by atoms with E-state index in [4.69, 9.17) is 9.47 Å². The van der Waals surface area contributed by atoms with E-state index in [0.717, 1.165) is 35.3 Å². The van der Waals surface area contributed by atoms with E-state index in [1.54, 1.807) is 14.2 Å². The Morgan fingerprint density at radius 3 is 1.31 bits per heavy atom. The minimum Gasteiger partial charge on any atom is -0.379 e. The highest BCUT2D eigenvalue weighted by molar-refractivity contribution is 4.51. The third-order valence-corrected chi connectivity index (χ3v) is 4.03. The molecule has 0 N–H and O–H groups in total. The minimum absolute atomic E-state index is 0.873. The Hall–Kier alpha value is -0.160. The standard InChI is InChI=1S/C12H28N2O2/c1-13(9-11-15-3)5-7-14(2,8-6-13)10-12-16-4/h5-12H2,1-4H3/q+2. The molecule has 0 aliphatic carbocycles. The first-order valence-corrected chi connectivity index (χ1v) is 6.19. The van der Waals surface area contributed by atoms with Crippen LogP contribution in [0, 0.1) is 0 Å². The van der Waals surface area contributed by atoms with Gasteiger partial charge in [-0.3, -0.25) is 0 Å². The second-order valence-corrected chi connectivity index (χ2v) is 5.57. The lowest BCUT2D eigenvalue weighted by Gasteiger charge is -2.46.